The van der Waals surface area contributed by atoms with E-state index in [0.29, 0.717) is 24.4 Å². The molecule has 0 aromatic heterocycles. The van der Waals surface area contributed by atoms with Crippen molar-refractivity contribution in [2.24, 2.45) is 0 Å². The van der Waals surface area contributed by atoms with E-state index in [4.69, 9.17) is 4.74 Å². The van der Waals surface area contributed by atoms with Crippen LogP contribution >= 0.6 is 0 Å². The summed E-state index contributed by atoms with van der Waals surface area (Å²) in [5, 5.41) is 3.07. The van der Waals surface area contributed by atoms with Crippen LogP contribution in [0.3, 0.4) is 0 Å². The van der Waals surface area contributed by atoms with Gasteiger partial charge < -0.3 is 24.5 Å². The fraction of sp³-hybridized carbons (Fsp3) is 0.909. The van der Waals surface area contributed by atoms with E-state index in [2.05, 4.69) is 30.8 Å². The molecule has 10 heteroatoms. The van der Waals surface area contributed by atoms with Gasteiger partial charge in [0, 0.05) is 51.5 Å². The standard InChI is InChI=1S/C6H13NO2.C6H14O2S.C6H12O.C5H13N.C5H12O.C5H10O/c1-7(2)5-4-6(8)9-3;1-3-4-5-6-9(2,7)8;1-3-5-6(7)4-2;2*1-3-4-5-6-2;1-3-4-5(2)6/h4-5H2,1-3H3;3-6H2,1-2H3;3-5H2,1-2H3;6H,3-5H2,1-2H3;3-5H2,1-2H3;3-4H2,1-2H3. The Bertz CT molecular complexity index is 640. The molecule has 264 valence electrons. The minimum Gasteiger partial charge on any atom is -0.469 e. The van der Waals surface area contributed by atoms with Crippen LogP contribution in [-0.2, 0) is 33.7 Å². The SMILES string of the molecule is CCCC(=O)CC.CCCC(C)=O.CCCCCS(C)(=O)=O.CCCCNC.CCCCOC.COC(=O)CCN(C)C. The number of carbonyl (C=O) groups excluding carboxylic acids is 3. The summed E-state index contributed by atoms with van der Waals surface area (Å²) in [5.41, 5.74) is 0. The van der Waals surface area contributed by atoms with Crippen LogP contribution in [0.25, 0.3) is 0 Å². The molecule has 0 aromatic carbocycles. The quantitative estimate of drug-likeness (QED) is 0.126. The van der Waals surface area contributed by atoms with Crippen molar-refractivity contribution >= 4 is 27.4 Å². The number of Topliss-reactive ketones (excluding diaryl/α,β-unsaturated/α-hetero) is 2. The third-order valence-electron chi connectivity index (χ3n) is 5.12. The number of carbonyl (C=O) groups is 3. The summed E-state index contributed by atoms with van der Waals surface area (Å²) < 4.78 is 30.2. The van der Waals surface area contributed by atoms with Gasteiger partial charge in [-0.05, 0) is 66.7 Å². The van der Waals surface area contributed by atoms with Crippen LogP contribution < -0.4 is 5.32 Å². The Kier molecular flexibility index (Phi) is 59.9. The Morgan fingerprint density at radius 1 is 0.744 bits per heavy atom. The molecule has 0 saturated heterocycles. The van der Waals surface area contributed by atoms with Crippen molar-refractivity contribution < 1.29 is 32.3 Å². The lowest BCUT2D eigenvalue weighted by Gasteiger charge is -2.06. The predicted molar refractivity (Wildman–Crippen MR) is 186 cm³/mol. The molecule has 0 unspecified atom stereocenters. The molecule has 0 radical (unpaired) electrons. The maximum Gasteiger partial charge on any atom is 0.306 e. The molecular formula is C33H74N2O7S. The maximum atomic E-state index is 10.5. The number of nitrogens with one attached hydrogen (secondary N) is 1. The molecule has 0 spiro atoms. The number of unbranched alkanes of at least 4 members (excludes halogenated alkanes) is 4. The predicted octanol–water partition coefficient (Wildman–Crippen LogP) is 6.91. The zero-order chi connectivity index (χ0) is 35.0. The Balaban J connectivity index is -0.0000000964. The van der Waals surface area contributed by atoms with Gasteiger partial charge in [-0.2, -0.15) is 0 Å². The van der Waals surface area contributed by atoms with Crippen molar-refractivity contribution in [1.29, 1.82) is 0 Å². The lowest BCUT2D eigenvalue weighted by atomic mass is 10.2. The minimum absolute atomic E-state index is 0.149. The molecule has 1 N–H and O–H groups in total. The number of ketones is 2. The molecule has 0 bridgehead atoms. The van der Waals surface area contributed by atoms with Gasteiger partial charge in [0.25, 0.3) is 0 Å². The van der Waals surface area contributed by atoms with Crippen molar-refractivity contribution in [3.63, 3.8) is 0 Å². The molecule has 9 nitrogen and oxygen atoms in total. The maximum absolute atomic E-state index is 10.5. The molecular weight excluding hydrogens is 568 g/mol. The Morgan fingerprint density at radius 2 is 1.26 bits per heavy atom. The number of nitrogens with zero attached hydrogens (tertiary/aromatic N) is 1. The van der Waals surface area contributed by atoms with Crippen molar-refractivity contribution in [2.75, 3.05) is 67.1 Å². The van der Waals surface area contributed by atoms with Crippen LogP contribution in [0.2, 0.25) is 0 Å². The summed E-state index contributed by atoms with van der Waals surface area (Å²) in [7, 11) is 6.26. The fourth-order valence-electron chi connectivity index (χ4n) is 2.48. The van der Waals surface area contributed by atoms with Gasteiger partial charge in [0.1, 0.15) is 21.4 Å². The van der Waals surface area contributed by atoms with Crippen molar-refractivity contribution in [3.8, 4) is 0 Å². The van der Waals surface area contributed by atoms with E-state index in [1.165, 1.54) is 39.0 Å². The monoisotopic (exact) mass is 643 g/mol. The zero-order valence-electron chi connectivity index (χ0n) is 30.7. The van der Waals surface area contributed by atoms with Gasteiger partial charge in [-0.25, -0.2) is 8.42 Å². The molecule has 0 heterocycles. The molecule has 0 aliphatic heterocycles. The summed E-state index contributed by atoms with van der Waals surface area (Å²) >= 11 is 0. The van der Waals surface area contributed by atoms with Crippen molar-refractivity contribution in [2.45, 2.75) is 132 Å². The Labute approximate surface area is 268 Å². The first-order valence-corrected chi connectivity index (χ1v) is 18.2. The smallest absolute Gasteiger partial charge is 0.306 e. The number of esters is 1. The molecule has 0 aliphatic rings. The fourth-order valence-corrected chi connectivity index (χ4v) is 3.21. The highest BCUT2D eigenvalue weighted by atomic mass is 32.2. The van der Waals surface area contributed by atoms with E-state index < -0.39 is 9.84 Å². The Hall–Kier alpha value is -1.36. The number of ether oxygens (including phenoxy) is 2. The van der Waals surface area contributed by atoms with E-state index >= 15 is 0 Å². The highest BCUT2D eigenvalue weighted by Crippen LogP contribution is 1.96. The van der Waals surface area contributed by atoms with Crippen LogP contribution in [0.4, 0.5) is 0 Å². The number of rotatable bonds is 18. The normalized spacial score (nSPS) is 9.63. The molecule has 0 atom stereocenters. The van der Waals surface area contributed by atoms with Crippen LogP contribution in [0.5, 0.6) is 0 Å². The second-order valence-electron chi connectivity index (χ2n) is 10.4. The second kappa shape index (κ2) is 47.6. The lowest BCUT2D eigenvalue weighted by molar-refractivity contribution is -0.140. The first-order valence-electron chi connectivity index (χ1n) is 16.2. The molecule has 0 aromatic rings. The van der Waals surface area contributed by atoms with E-state index in [0.717, 1.165) is 64.6 Å². The first-order chi connectivity index (χ1) is 20.1. The van der Waals surface area contributed by atoms with Gasteiger partial charge >= 0.3 is 5.97 Å². The summed E-state index contributed by atoms with van der Waals surface area (Å²) in [5.74, 6) is 0.865. The molecule has 0 aliphatic carbocycles. The first kappa shape index (κ1) is 54.1. The molecule has 0 saturated carbocycles. The Morgan fingerprint density at radius 3 is 1.47 bits per heavy atom. The topological polar surface area (TPSA) is 119 Å². The molecule has 0 amide bonds. The average molecular weight is 643 g/mol. The summed E-state index contributed by atoms with van der Waals surface area (Å²) in [6.45, 7) is 16.8. The van der Waals surface area contributed by atoms with Gasteiger partial charge in [-0.1, -0.05) is 67.2 Å². The second-order valence-corrected chi connectivity index (χ2v) is 12.6. The summed E-state index contributed by atoms with van der Waals surface area (Å²) in [6, 6.07) is 0. The summed E-state index contributed by atoms with van der Waals surface area (Å²) in [4.78, 5) is 32.9. The van der Waals surface area contributed by atoms with Crippen LogP contribution in [0.1, 0.15) is 132 Å². The van der Waals surface area contributed by atoms with E-state index in [1.54, 1.807) is 14.0 Å². The van der Waals surface area contributed by atoms with Crippen molar-refractivity contribution in [1.82, 2.24) is 10.2 Å². The number of methoxy groups -OCH3 is 2. The number of sulfone groups is 1. The van der Waals surface area contributed by atoms with Crippen LogP contribution in [0.15, 0.2) is 0 Å². The minimum atomic E-state index is -2.70. The highest BCUT2D eigenvalue weighted by molar-refractivity contribution is 7.90. The van der Waals surface area contributed by atoms with Gasteiger partial charge in [-0.3, -0.25) is 9.59 Å². The van der Waals surface area contributed by atoms with Crippen molar-refractivity contribution in [3.05, 3.63) is 0 Å². The van der Waals surface area contributed by atoms with E-state index in [1.807, 2.05) is 46.8 Å². The average Bonchev–Trinajstić information content (AvgIpc) is 2.94. The van der Waals surface area contributed by atoms with E-state index in [-0.39, 0.29) is 11.8 Å². The van der Waals surface area contributed by atoms with Crippen LogP contribution in [0, 0.1) is 0 Å². The molecule has 43 heavy (non-hydrogen) atoms. The molecule has 0 rings (SSSR count). The van der Waals surface area contributed by atoms with E-state index in [9.17, 15) is 22.8 Å². The number of hydrogen-bond acceptors (Lipinski definition) is 9. The van der Waals surface area contributed by atoms with Crippen LogP contribution in [-0.4, -0.2) is 97.9 Å². The largest absolute Gasteiger partial charge is 0.469 e. The third-order valence-corrected chi connectivity index (χ3v) is 6.15. The third kappa shape index (κ3) is 92.3. The van der Waals surface area contributed by atoms with Gasteiger partial charge in [0.2, 0.25) is 0 Å². The summed E-state index contributed by atoms with van der Waals surface area (Å²) in [6.07, 6.45) is 13.9. The van der Waals surface area contributed by atoms with Gasteiger partial charge in [-0.15, -0.1) is 0 Å². The van der Waals surface area contributed by atoms with Gasteiger partial charge in [0.15, 0.2) is 0 Å². The zero-order valence-corrected chi connectivity index (χ0v) is 31.6. The van der Waals surface area contributed by atoms with Gasteiger partial charge in [0.05, 0.1) is 13.5 Å². The highest BCUT2D eigenvalue weighted by Gasteiger charge is 1.99. The lowest BCUT2D eigenvalue weighted by Crippen LogP contribution is -2.17. The number of hydrogen-bond donors (Lipinski definition) is 1. The molecule has 0 fully saturated rings.